The molecule has 0 saturated carbocycles. The van der Waals surface area contributed by atoms with Crippen LogP contribution in [0.4, 0.5) is 0 Å². The van der Waals surface area contributed by atoms with Crippen molar-refractivity contribution >= 4 is 5.78 Å². The molecule has 0 saturated heterocycles. The fourth-order valence-electron chi connectivity index (χ4n) is 1.10. The lowest BCUT2D eigenvalue weighted by molar-refractivity contribution is -0.122. The van der Waals surface area contributed by atoms with Crippen LogP contribution in [0.15, 0.2) is 30.3 Å². The first-order valence-corrected chi connectivity index (χ1v) is 4.98. The van der Waals surface area contributed by atoms with Gasteiger partial charge in [0.15, 0.2) is 5.78 Å². The van der Waals surface area contributed by atoms with Gasteiger partial charge in [-0.1, -0.05) is 30.3 Å². The van der Waals surface area contributed by atoms with Crippen LogP contribution in [0.1, 0.15) is 12.5 Å². The van der Waals surface area contributed by atoms with Crippen LogP contribution in [-0.4, -0.2) is 25.6 Å². The Hall–Kier alpha value is -1.19. The Balaban J connectivity index is 2.00. The zero-order chi connectivity index (χ0) is 10.9. The molecule has 0 unspecified atom stereocenters. The maximum absolute atomic E-state index is 10.5. The highest BCUT2D eigenvalue weighted by atomic mass is 16.5. The van der Waals surface area contributed by atoms with Crippen molar-refractivity contribution < 1.29 is 14.3 Å². The first-order chi connectivity index (χ1) is 7.29. The SMILES string of the molecule is CC(=O)COCCOCc1ccccc1. The van der Waals surface area contributed by atoms with Crippen molar-refractivity contribution in [3.8, 4) is 0 Å². The first kappa shape index (κ1) is 11.9. The van der Waals surface area contributed by atoms with E-state index in [1.807, 2.05) is 30.3 Å². The Morgan fingerprint density at radius 2 is 1.80 bits per heavy atom. The van der Waals surface area contributed by atoms with Gasteiger partial charge < -0.3 is 9.47 Å². The van der Waals surface area contributed by atoms with Crippen molar-refractivity contribution in [3.63, 3.8) is 0 Å². The Kier molecular flexibility index (Phi) is 5.66. The minimum atomic E-state index is 0.0399. The number of Topliss-reactive ketones (excluding diaryl/α,β-unsaturated/α-hetero) is 1. The van der Waals surface area contributed by atoms with Crippen LogP contribution in [0.5, 0.6) is 0 Å². The second kappa shape index (κ2) is 7.15. The smallest absolute Gasteiger partial charge is 0.155 e. The van der Waals surface area contributed by atoms with Gasteiger partial charge in [-0.05, 0) is 12.5 Å². The van der Waals surface area contributed by atoms with E-state index in [1.165, 1.54) is 6.92 Å². The minimum Gasteiger partial charge on any atom is -0.374 e. The molecule has 82 valence electrons. The summed E-state index contributed by atoms with van der Waals surface area (Å²) in [7, 11) is 0. The highest BCUT2D eigenvalue weighted by Crippen LogP contribution is 1.99. The summed E-state index contributed by atoms with van der Waals surface area (Å²) in [5, 5.41) is 0. The van der Waals surface area contributed by atoms with Gasteiger partial charge in [0.05, 0.1) is 19.8 Å². The Labute approximate surface area is 90.0 Å². The standard InChI is InChI=1S/C12H16O3/c1-11(13)9-14-7-8-15-10-12-5-3-2-4-6-12/h2-6H,7-10H2,1H3. The molecule has 0 bridgehead atoms. The normalized spacial score (nSPS) is 10.2. The number of ketones is 1. The van der Waals surface area contributed by atoms with Crippen molar-refractivity contribution in [2.24, 2.45) is 0 Å². The molecule has 3 heteroatoms. The molecule has 0 N–H and O–H groups in total. The largest absolute Gasteiger partial charge is 0.374 e. The molecule has 0 aliphatic heterocycles. The van der Waals surface area contributed by atoms with Crippen LogP contribution in [0.2, 0.25) is 0 Å². The summed E-state index contributed by atoms with van der Waals surface area (Å²) in [5.74, 6) is 0.0399. The fraction of sp³-hybridized carbons (Fsp3) is 0.417. The predicted octanol–water partition coefficient (Wildman–Crippen LogP) is 1.81. The Bertz CT molecular complexity index is 282. The summed E-state index contributed by atoms with van der Waals surface area (Å²) in [6.45, 7) is 3.25. The van der Waals surface area contributed by atoms with Gasteiger partial charge in [-0.3, -0.25) is 4.79 Å². The Morgan fingerprint density at radius 1 is 1.13 bits per heavy atom. The van der Waals surface area contributed by atoms with Gasteiger partial charge in [0.1, 0.15) is 6.61 Å². The number of rotatable bonds is 7. The van der Waals surface area contributed by atoms with Crippen molar-refractivity contribution in [2.75, 3.05) is 19.8 Å². The van der Waals surface area contributed by atoms with Crippen molar-refractivity contribution in [2.45, 2.75) is 13.5 Å². The third-order valence-corrected chi connectivity index (χ3v) is 1.79. The number of ether oxygens (including phenoxy) is 2. The molecule has 3 nitrogen and oxygen atoms in total. The van der Waals surface area contributed by atoms with Gasteiger partial charge >= 0.3 is 0 Å². The number of benzene rings is 1. The van der Waals surface area contributed by atoms with E-state index in [2.05, 4.69) is 0 Å². The quantitative estimate of drug-likeness (QED) is 0.641. The van der Waals surface area contributed by atoms with E-state index < -0.39 is 0 Å². The third-order valence-electron chi connectivity index (χ3n) is 1.79. The Morgan fingerprint density at radius 3 is 2.47 bits per heavy atom. The van der Waals surface area contributed by atoms with Crippen LogP contribution in [0, 0.1) is 0 Å². The molecular weight excluding hydrogens is 192 g/mol. The molecule has 0 spiro atoms. The highest BCUT2D eigenvalue weighted by molar-refractivity contribution is 5.76. The lowest BCUT2D eigenvalue weighted by Gasteiger charge is -2.04. The summed E-state index contributed by atoms with van der Waals surface area (Å²) >= 11 is 0. The van der Waals surface area contributed by atoms with E-state index in [4.69, 9.17) is 9.47 Å². The van der Waals surface area contributed by atoms with Gasteiger partial charge in [-0.2, -0.15) is 0 Å². The second-order valence-corrected chi connectivity index (χ2v) is 3.29. The van der Waals surface area contributed by atoms with E-state index in [0.29, 0.717) is 19.8 Å². The molecule has 1 aromatic carbocycles. The van der Waals surface area contributed by atoms with Crippen LogP contribution >= 0.6 is 0 Å². The molecule has 0 atom stereocenters. The fourth-order valence-corrected chi connectivity index (χ4v) is 1.10. The minimum absolute atomic E-state index is 0.0399. The van der Waals surface area contributed by atoms with Crippen LogP contribution in [0.3, 0.4) is 0 Å². The topological polar surface area (TPSA) is 35.5 Å². The van der Waals surface area contributed by atoms with Crippen molar-refractivity contribution in [1.82, 2.24) is 0 Å². The van der Waals surface area contributed by atoms with Gasteiger partial charge in [0, 0.05) is 0 Å². The molecule has 0 fully saturated rings. The molecule has 15 heavy (non-hydrogen) atoms. The molecular formula is C12H16O3. The predicted molar refractivity (Wildman–Crippen MR) is 57.6 cm³/mol. The molecule has 1 aromatic rings. The molecule has 0 heterocycles. The summed E-state index contributed by atoms with van der Waals surface area (Å²) < 4.78 is 10.4. The number of carbonyl (C=O) groups excluding carboxylic acids is 1. The number of hydrogen-bond donors (Lipinski definition) is 0. The average molecular weight is 208 g/mol. The lowest BCUT2D eigenvalue weighted by atomic mass is 10.2. The van der Waals surface area contributed by atoms with Crippen LogP contribution in [-0.2, 0) is 20.9 Å². The maximum Gasteiger partial charge on any atom is 0.155 e. The number of carbonyl (C=O) groups is 1. The summed E-state index contributed by atoms with van der Waals surface area (Å²) in [4.78, 5) is 10.5. The van der Waals surface area contributed by atoms with Crippen molar-refractivity contribution in [3.05, 3.63) is 35.9 Å². The summed E-state index contributed by atoms with van der Waals surface area (Å²) in [5.41, 5.74) is 1.14. The van der Waals surface area contributed by atoms with E-state index in [-0.39, 0.29) is 12.4 Å². The lowest BCUT2D eigenvalue weighted by Crippen LogP contribution is -2.09. The van der Waals surface area contributed by atoms with Crippen molar-refractivity contribution in [1.29, 1.82) is 0 Å². The molecule has 0 radical (unpaired) electrons. The van der Waals surface area contributed by atoms with Gasteiger partial charge in [-0.25, -0.2) is 0 Å². The average Bonchev–Trinajstić information content (AvgIpc) is 2.24. The maximum atomic E-state index is 10.5. The molecule has 0 aliphatic rings. The molecule has 1 rings (SSSR count). The molecule has 0 aromatic heterocycles. The van der Waals surface area contributed by atoms with Crippen LogP contribution < -0.4 is 0 Å². The zero-order valence-electron chi connectivity index (χ0n) is 8.94. The third kappa shape index (κ3) is 5.99. The van der Waals surface area contributed by atoms with Gasteiger partial charge in [0.25, 0.3) is 0 Å². The van der Waals surface area contributed by atoms with Gasteiger partial charge in [0.2, 0.25) is 0 Å². The summed E-state index contributed by atoms with van der Waals surface area (Å²) in [6.07, 6.45) is 0. The second-order valence-electron chi connectivity index (χ2n) is 3.29. The van der Waals surface area contributed by atoms with Gasteiger partial charge in [-0.15, -0.1) is 0 Å². The molecule has 0 aliphatic carbocycles. The highest BCUT2D eigenvalue weighted by Gasteiger charge is 1.94. The van der Waals surface area contributed by atoms with E-state index in [9.17, 15) is 4.79 Å². The van der Waals surface area contributed by atoms with Crippen LogP contribution in [0.25, 0.3) is 0 Å². The van der Waals surface area contributed by atoms with E-state index in [1.54, 1.807) is 0 Å². The monoisotopic (exact) mass is 208 g/mol. The molecule has 0 amide bonds. The van der Waals surface area contributed by atoms with E-state index >= 15 is 0 Å². The zero-order valence-corrected chi connectivity index (χ0v) is 8.94. The van der Waals surface area contributed by atoms with E-state index in [0.717, 1.165) is 5.56 Å². The first-order valence-electron chi connectivity index (χ1n) is 4.98. The summed E-state index contributed by atoms with van der Waals surface area (Å²) in [6, 6.07) is 9.95. The number of hydrogen-bond acceptors (Lipinski definition) is 3.